The SMILES string of the molecule is COc1cccc(/C=C/C(=O)NCCNC(=O)CNC(=O)OC(C)(C)C)c1. The summed E-state index contributed by atoms with van der Waals surface area (Å²) in [5.41, 5.74) is 0.217. The number of hydrogen-bond donors (Lipinski definition) is 3. The lowest BCUT2D eigenvalue weighted by Gasteiger charge is -2.19. The molecule has 0 radical (unpaired) electrons. The molecule has 0 aliphatic rings. The highest BCUT2D eigenvalue weighted by Gasteiger charge is 2.16. The van der Waals surface area contributed by atoms with Gasteiger partial charge in [-0.1, -0.05) is 12.1 Å². The Balaban J connectivity index is 2.21. The maximum atomic E-state index is 11.7. The molecule has 27 heavy (non-hydrogen) atoms. The van der Waals surface area contributed by atoms with Crippen LogP contribution >= 0.6 is 0 Å². The summed E-state index contributed by atoms with van der Waals surface area (Å²) in [5.74, 6) is 0.0567. The maximum absolute atomic E-state index is 11.7. The molecule has 0 aliphatic carbocycles. The monoisotopic (exact) mass is 377 g/mol. The summed E-state index contributed by atoms with van der Waals surface area (Å²) < 4.78 is 10.1. The van der Waals surface area contributed by atoms with Gasteiger partial charge in [-0.25, -0.2) is 4.79 Å². The molecule has 0 spiro atoms. The van der Waals surface area contributed by atoms with Gasteiger partial charge in [0.2, 0.25) is 11.8 Å². The van der Waals surface area contributed by atoms with Crippen LogP contribution in [0.2, 0.25) is 0 Å². The van der Waals surface area contributed by atoms with E-state index in [0.717, 1.165) is 5.56 Å². The molecule has 0 heterocycles. The average Bonchev–Trinajstić information content (AvgIpc) is 2.60. The predicted octanol–water partition coefficient (Wildman–Crippen LogP) is 1.47. The second kappa shape index (κ2) is 10.8. The lowest BCUT2D eigenvalue weighted by atomic mass is 10.2. The molecule has 148 valence electrons. The molecule has 3 N–H and O–H groups in total. The average molecular weight is 377 g/mol. The third kappa shape index (κ3) is 10.5. The standard InChI is InChI=1S/C19H27N3O5/c1-19(2,3)27-18(25)22-13-17(24)21-11-10-20-16(23)9-8-14-6-5-7-15(12-14)26-4/h5-9,12H,10-11,13H2,1-4H3,(H,20,23)(H,21,24)(H,22,25)/b9-8+. The molecular formula is C19H27N3O5. The van der Waals surface area contributed by atoms with E-state index in [1.807, 2.05) is 24.3 Å². The number of benzene rings is 1. The molecule has 0 unspecified atom stereocenters. The zero-order chi connectivity index (χ0) is 20.3. The Labute approximate surface area is 159 Å². The van der Waals surface area contributed by atoms with Crippen molar-refractivity contribution in [2.24, 2.45) is 0 Å². The molecule has 8 heteroatoms. The summed E-state index contributed by atoms with van der Waals surface area (Å²) in [4.78, 5) is 34.8. The van der Waals surface area contributed by atoms with Crippen LogP contribution in [-0.4, -0.2) is 50.3 Å². The Morgan fingerprint density at radius 3 is 2.44 bits per heavy atom. The number of hydrogen-bond acceptors (Lipinski definition) is 5. The Hall–Kier alpha value is -3.03. The van der Waals surface area contributed by atoms with Gasteiger partial charge in [-0.05, 0) is 44.5 Å². The number of carbonyl (C=O) groups is 3. The molecule has 8 nitrogen and oxygen atoms in total. The molecule has 0 aromatic heterocycles. The summed E-state index contributed by atoms with van der Waals surface area (Å²) in [6.45, 7) is 5.51. The van der Waals surface area contributed by atoms with Crippen molar-refractivity contribution in [3.8, 4) is 5.75 Å². The van der Waals surface area contributed by atoms with Gasteiger partial charge in [0.05, 0.1) is 13.7 Å². The Kier molecular flexibility index (Phi) is 8.84. The van der Waals surface area contributed by atoms with Crippen molar-refractivity contribution in [1.29, 1.82) is 0 Å². The Morgan fingerprint density at radius 1 is 1.07 bits per heavy atom. The highest BCUT2D eigenvalue weighted by Crippen LogP contribution is 2.13. The molecule has 0 fully saturated rings. The molecule has 0 bridgehead atoms. The van der Waals surface area contributed by atoms with Crippen LogP contribution in [0, 0.1) is 0 Å². The quantitative estimate of drug-likeness (QED) is 0.470. The molecule has 0 atom stereocenters. The number of alkyl carbamates (subject to hydrolysis) is 1. The number of amides is 3. The van der Waals surface area contributed by atoms with Crippen LogP contribution in [0.15, 0.2) is 30.3 Å². The first kappa shape index (κ1) is 22.0. The molecule has 1 aromatic rings. The van der Waals surface area contributed by atoms with Crippen LogP contribution in [0.1, 0.15) is 26.3 Å². The summed E-state index contributed by atoms with van der Waals surface area (Å²) in [6, 6.07) is 7.31. The normalized spacial score (nSPS) is 11.0. The van der Waals surface area contributed by atoms with E-state index in [9.17, 15) is 14.4 Å². The van der Waals surface area contributed by atoms with Crippen LogP contribution in [0.5, 0.6) is 5.75 Å². The van der Waals surface area contributed by atoms with Gasteiger partial charge >= 0.3 is 6.09 Å². The Morgan fingerprint density at radius 2 is 1.78 bits per heavy atom. The smallest absolute Gasteiger partial charge is 0.408 e. The fourth-order valence-corrected chi connectivity index (χ4v) is 1.89. The first-order chi connectivity index (χ1) is 12.7. The summed E-state index contributed by atoms with van der Waals surface area (Å²) in [5, 5.41) is 7.58. The molecule has 0 aliphatic heterocycles. The second-order valence-corrected chi connectivity index (χ2v) is 6.61. The van der Waals surface area contributed by atoms with Crippen molar-refractivity contribution in [2.75, 3.05) is 26.7 Å². The highest BCUT2D eigenvalue weighted by atomic mass is 16.6. The molecule has 1 aromatic carbocycles. The zero-order valence-electron chi connectivity index (χ0n) is 16.1. The zero-order valence-corrected chi connectivity index (χ0v) is 16.1. The van der Waals surface area contributed by atoms with Crippen molar-refractivity contribution >= 4 is 24.0 Å². The number of carbonyl (C=O) groups excluding carboxylic acids is 3. The number of methoxy groups -OCH3 is 1. The van der Waals surface area contributed by atoms with Crippen LogP contribution in [-0.2, 0) is 14.3 Å². The fourth-order valence-electron chi connectivity index (χ4n) is 1.89. The van der Waals surface area contributed by atoms with Gasteiger partial charge in [0.25, 0.3) is 0 Å². The second-order valence-electron chi connectivity index (χ2n) is 6.61. The van der Waals surface area contributed by atoms with E-state index in [0.29, 0.717) is 5.75 Å². The van der Waals surface area contributed by atoms with E-state index in [1.54, 1.807) is 34.0 Å². The first-order valence-corrected chi connectivity index (χ1v) is 8.53. The van der Waals surface area contributed by atoms with Crippen molar-refractivity contribution in [3.05, 3.63) is 35.9 Å². The van der Waals surface area contributed by atoms with E-state index in [4.69, 9.17) is 9.47 Å². The van der Waals surface area contributed by atoms with Gasteiger partial charge in [-0.3, -0.25) is 9.59 Å². The van der Waals surface area contributed by atoms with Crippen LogP contribution in [0.25, 0.3) is 6.08 Å². The predicted molar refractivity (Wildman–Crippen MR) is 102 cm³/mol. The van der Waals surface area contributed by atoms with Gasteiger partial charge in [-0.15, -0.1) is 0 Å². The largest absolute Gasteiger partial charge is 0.497 e. The van der Waals surface area contributed by atoms with E-state index < -0.39 is 11.7 Å². The minimum atomic E-state index is -0.659. The van der Waals surface area contributed by atoms with E-state index in [1.165, 1.54) is 6.08 Å². The lowest BCUT2D eigenvalue weighted by molar-refractivity contribution is -0.120. The van der Waals surface area contributed by atoms with Crippen molar-refractivity contribution < 1.29 is 23.9 Å². The van der Waals surface area contributed by atoms with Crippen LogP contribution in [0.3, 0.4) is 0 Å². The van der Waals surface area contributed by atoms with Crippen molar-refractivity contribution in [2.45, 2.75) is 26.4 Å². The molecule has 0 saturated heterocycles. The number of rotatable bonds is 8. The summed E-state index contributed by atoms with van der Waals surface area (Å²) in [7, 11) is 1.58. The number of nitrogens with one attached hydrogen (secondary N) is 3. The molecule has 0 saturated carbocycles. The van der Waals surface area contributed by atoms with Gasteiger partial charge in [0.15, 0.2) is 0 Å². The Bertz CT molecular complexity index is 680. The van der Waals surface area contributed by atoms with E-state index in [-0.39, 0.29) is 31.4 Å². The van der Waals surface area contributed by atoms with Crippen LogP contribution < -0.4 is 20.7 Å². The number of ether oxygens (including phenoxy) is 2. The van der Waals surface area contributed by atoms with Crippen LogP contribution in [0.4, 0.5) is 4.79 Å². The van der Waals surface area contributed by atoms with Gasteiger partial charge in [0.1, 0.15) is 11.4 Å². The van der Waals surface area contributed by atoms with Gasteiger partial charge in [-0.2, -0.15) is 0 Å². The maximum Gasteiger partial charge on any atom is 0.408 e. The highest BCUT2D eigenvalue weighted by molar-refractivity contribution is 5.91. The molecular weight excluding hydrogens is 350 g/mol. The third-order valence-electron chi connectivity index (χ3n) is 3.06. The van der Waals surface area contributed by atoms with Crippen molar-refractivity contribution in [3.63, 3.8) is 0 Å². The summed E-state index contributed by atoms with van der Waals surface area (Å²) >= 11 is 0. The topological polar surface area (TPSA) is 106 Å². The van der Waals surface area contributed by atoms with Gasteiger partial charge < -0.3 is 25.4 Å². The van der Waals surface area contributed by atoms with E-state index in [2.05, 4.69) is 16.0 Å². The minimum Gasteiger partial charge on any atom is -0.497 e. The first-order valence-electron chi connectivity index (χ1n) is 8.53. The fraction of sp³-hybridized carbons (Fsp3) is 0.421. The summed E-state index contributed by atoms with van der Waals surface area (Å²) in [6.07, 6.45) is 2.41. The third-order valence-corrected chi connectivity index (χ3v) is 3.06. The van der Waals surface area contributed by atoms with E-state index >= 15 is 0 Å². The minimum absolute atomic E-state index is 0.196. The molecule has 1 rings (SSSR count). The molecule has 3 amide bonds. The lowest BCUT2D eigenvalue weighted by Crippen LogP contribution is -2.41. The van der Waals surface area contributed by atoms with Gasteiger partial charge in [0, 0.05) is 19.2 Å². The van der Waals surface area contributed by atoms with Crippen molar-refractivity contribution in [1.82, 2.24) is 16.0 Å².